The third kappa shape index (κ3) is 4.92. The lowest BCUT2D eigenvalue weighted by Crippen LogP contribution is -2.31. The summed E-state index contributed by atoms with van der Waals surface area (Å²) in [5.74, 6) is 0.332. The summed E-state index contributed by atoms with van der Waals surface area (Å²) in [6.07, 6.45) is 3.26. The first-order chi connectivity index (χ1) is 15.6. The Kier molecular flexibility index (Phi) is 6.41. The van der Waals surface area contributed by atoms with Gasteiger partial charge in [0, 0.05) is 18.8 Å². The maximum absolute atomic E-state index is 13.0. The topological polar surface area (TPSA) is 67.2 Å². The van der Waals surface area contributed by atoms with E-state index in [1.807, 2.05) is 89.5 Å². The number of likely N-dealkylation sites (N-methyl/N-ethyl adjacent to an activating group) is 1. The van der Waals surface area contributed by atoms with Crippen LogP contribution in [0.5, 0.6) is 0 Å². The van der Waals surface area contributed by atoms with Crippen LogP contribution in [0, 0.1) is 0 Å². The van der Waals surface area contributed by atoms with Gasteiger partial charge in [0.25, 0.3) is 0 Å². The Morgan fingerprint density at radius 2 is 1.59 bits per heavy atom. The van der Waals surface area contributed by atoms with Gasteiger partial charge in [-0.15, -0.1) is 0 Å². The molecular formula is C26H24N4O2. The summed E-state index contributed by atoms with van der Waals surface area (Å²) in [4.78, 5) is 31.6. The van der Waals surface area contributed by atoms with Crippen molar-refractivity contribution in [3.63, 3.8) is 0 Å². The minimum absolute atomic E-state index is 0.0732. The molecule has 0 aliphatic carbocycles. The molecule has 6 heteroatoms. The molecule has 0 saturated carbocycles. The summed E-state index contributed by atoms with van der Waals surface area (Å²) in [6, 6.07) is 26.8. The summed E-state index contributed by atoms with van der Waals surface area (Å²) in [6.45, 7) is 0.339. The molecule has 6 nitrogen and oxygen atoms in total. The molecule has 0 spiro atoms. The molecule has 1 aromatic heterocycles. The predicted molar refractivity (Wildman–Crippen MR) is 127 cm³/mol. The second-order valence-corrected chi connectivity index (χ2v) is 7.35. The van der Waals surface area contributed by atoms with Gasteiger partial charge in [-0.25, -0.2) is 4.98 Å². The van der Waals surface area contributed by atoms with Gasteiger partial charge in [0.05, 0.1) is 17.6 Å². The molecule has 0 aliphatic rings. The van der Waals surface area contributed by atoms with Crippen molar-refractivity contribution < 1.29 is 9.59 Å². The van der Waals surface area contributed by atoms with Crippen molar-refractivity contribution in [2.24, 2.45) is 0 Å². The molecule has 32 heavy (non-hydrogen) atoms. The molecule has 4 rings (SSSR count). The van der Waals surface area contributed by atoms with Crippen molar-refractivity contribution in [3.05, 3.63) is 102 Å². The van der Waals surface area contributed by atoms with E-state index in [0.29, 0.717) is 5.82 Å². The van der Waals surface area contributed by atoms with E-state index in [1.165, 1.54) is 6.08 Å². The van der Waals surface area contributed by atoms with Crippen molar-refractivity contribution in [1.82, 2.24) is 14.9 Å². The summed E-state index contributed by atoms with van der Waals surface area (Å²) >= 11 is 0. The highest BCUT2D eigenvalue weighted by molar-refractivity contribution is 5.94. The fraction of sp³-hybridized carbons (Fsp3) is 0.115. The van der Waals surface area contributed by atoms with Crippen LogP contribution in [0.4, 0.5) is 5.69 Å². The number of imidazole rings is 1. The highest BCUT2D eigenvalue weighted by Gasteiger charge is 2.17. The van der Waals surface area contributed by atoms with Crippen LogP contribution in [0.15, 0.2) is 91.0 Å². The highest BCUT2D eigenvalue weighted by Crippen LogP contribution is 2.18. The van der Waals surface area contributed by atoms with E-state index in [0.717, 1.165) is 22.3 Å². The summed E-state index contributed by atoms with van der Waals surface area (Å²) < 4.78 is 1.86. The first kappa shape index (κ1) is 21.1. The Morgan fingerprint density at radius 1 is 0.938 bits per heavy atom. The van der Waals surface area contributed by atoms with E-state index in [1.54, 1.807) is 18.0 Å². The normalized spacial score (nSPS) is 11.0. The lowest BCUT2D eigenvalue weighted by atomic mass is 10.2. The molecule has 0 aliphatic heterocycles. The molecule has 1 heterocycles. The van der Waals surface area contributed by atoms with E-state index in [2.05, 4.69) is 10.3 Å². The number of hydrogen-bond donors (Lipinski definition) is 1. The lowest BCUT2D eigenvalue weighted by Gasteiger charge is -2.18. The van der Waals surface area contributed by atoms with E-state index >= 15 is 0 Å². The molecule has 0 radical (unpaired) electrons. The van der Waals surface area contributed by atoms with E-state index in [-0.39, 0.29) is 24.9 Å². The van der Waals surface area contributed by atoms with Gasteiger partial charge in [0.1, 0.15) is 12.4 Å². The lowest BCUT2D eigenvalue weighted by molar-refractivity contribution is -0.118. The number of hydrogen-bond acceptors (Lipinski definition) is 3. The van der Waals surface area contributed by atoms with Crippen molar-refractivity contribution >= 4 is 34.6 Å². The number of amides is 2. The van der Waals surface area contributed by atoms with Gasteiger partial charge in [-0.2, -0.15) is 0 Å². The van der Waals surface area contributed by atoms with E-state index in [4.69, 9.17) is 0 Å². The highest BCUT2D eigenvalue weighted by atomic mass is 16.2. The molecule has 0 saturated heterocycles. The molecule has 3 aromatic carbocycles. The largest absolute Gasteiger partial charge is 0.345 e. The van der Waals surface area contributed by atoms with Crippen LogP contribution >= 0.6 is 0 Å². The number of aromatic nitrogens is 2. The number of rotatable bonds is 7. The zero-order chi connectivity index (χ0) is 22.3. The predicted octanol–water partition coefficient (Wildman–Crippen LogP) is 4.03. The number of nitrogens with one attached hydrogen (secondary N) is 1. The average Bonchev–Trinajstić information content (AvgIpc) is 3.19. The van der Waals surface area contributed by atoms with Crippen molar-refractivity contribution in [1.29, 1.82) is 0 Å². The van der Waals surface area contributed by atoms with Crippen molar-refractivity contribution in [3.8, 4) is 0 Å². The number of benzene rings is 3. The van der Waals surface area contributed by atoms with Gasteiger partial charge in [0.15, 0.2) is 0 Å². The monoisotopic (exact) mass is 424 g/mol. The molecule has 4 aromatic rings. The standard InChI is InChI=1S/C26H24N4O2/c1-29(21-12-6-3-7-13-21)26(32)19-30-23-15-9-8-14-22(23)28-24(30)18-27-25(31)17-16-20-10-4-2-5-11-20/h2-17H,18-19H2,1H3,(H,27,31)/b17-16-. The maximum Gasteiger partial charge on any atom is 0.246 e. The number of para-hydroxylation sites is 3. The SMILES string of the molecule is CN(C(=O)Cn1c(CNC(=O)/C=C\c2ccccc2)nc2ccccc21)c1ccccc1. The first-order valence-electron chi connectivity index (χ1n) is 10.4. The zero-order valence-corrected chi connectivity index (χ0v) is 17.8. The Balaban J connectivity index is 1.51. The first-order valence-corrected chi connectivity index (χ1v) is 10.4. The number of carbonyl (C=O) groups is 2. The molecule has 2 amide bonds. The maximum atomic E-state index is 13.0. The van der Waals surface area contributed by atoms with Gasteiger partial charge in [-0.1, -0.05) is 60.7 Å². The minimum Gasteiger partial charge on any atom is -0.345 e. The van der Waals surface area contributed by atoms with Crippen LogP contribution in [0.3, 0.4) is 0 Å². The van der Waals surface area contributed by atoms with Crippen LogP contribution in [0.25, 0.3) is 17.1 Å². The summed E-state index contributed by atoms with van der Waals surface area (Å²) in [5.41, 5.74) is 3.41. The fourth-order valence-electron chi connectivity index (χ4n) is 3.43. The van der Waals surface area contributed by atoms with Gasteiger partial charge < -0.3 is 14.8 Å². The third-order valence-corrected chi connectivity index (χ3v) is 5.19. The van der Waals surface area contributed by atoms with Gasteiger partial charge in [-0.3, -0.25) is 9.59 Å². The van der Waals surface area contributed by atoms with Crippen LogP contribution in [-0.2, 0) is 22.7 Å². The number of anilines is 1. The van der Waals surface area contributed by atoms with Gasteiger partial charge in [-0.05, 0) is 35.9 Å². The van der Waals surface area contributed by atoms with Gasteiger partial charge >= 0.3 is 0 Å². The van der Waals surface area contributed by atoms with E-state index < -0.39 is 0 Å². The summed E-state index contributed by atoms with van der Waals surface area (Å²) in [5, 5.41) is 2.87. The Morgan fingerprint density at radius 3 is 2.34 bits per heavy atom. The van der Waals surface area contributed by atoms with Crippen molar-refractivity contribution in [2.75, 3.05) is 11.9 Å². The smallest absolute Gasteiger partial charge is 0.246 e. The summed E-state index contributed by atoms with van der Waals surface area (Å²) in [7, 11) is 1.76. The zero-order valence-electron chi connectivity index (χ0n) is 17.8. The number of fused-ring (bicyclic) bond motifs is 1. The average molecular weight is 425 g/mol. The Hall–Kier alpha value is -4.19. The number of carbonyl (C=O) groups excluding carboxylic acids is 2. The molecule has 0 fully saturated rings. The second-order valence-electron chi connectivity index (χ2n) is 7.35. The van der Waals surface area contributed by atoms with Crippen LogP contribution < -0.4 is 10.2 Å². The van der Waals surface area contributed by atoms with E-state index in [9.17, 15) is 9.59 Å². The molecule has 0 bridgehead atoms. The second kappa shape index (κ2) is 9.75. The molecule has 0 atom stereocenters. The number of nitrogens with zero attached hydrogens (tertiary/aromatic N) is 3. The van der Waals surface area contributed by atoms with Crippen LogP contribution in [0.2, 0.25) is 0 Å². The Bertz CT molecular complexity index is 1250. The molecule has 0 unspecified atom stereocenters. The fourth-order valence-corrected chi connectivity index (χ4v) is 3.43. The minimum atomic E-state index is -0.222. The quantitative estimate of drug-likeness (QED) is 0.456. The molecule has 1 N–H and O–H groups in total. The van der Waals surface area contributed by atoms with Crippen LogP contribution in [0.1, 0.15) is 11.4 Å². The van der Waals surface area contributed by atoms with Crippen molar-refractivity contribution in [2.45, 2.75) is 13.1 Å². The van der Waals surface area contributed by atoms with Gasteiger partial charge in [0.2, 0.25) is 11.8 Å². The third-order valence-electron chi connectivity index (χ3n) is 5.19. The van der Waals surface area contributed by atoms with Crippen LogP contribution in [-0.4, -0.2) is 28.4 Å². The molecular weight excluding hydrogens is 400 g/mol. The molecule has 160 valence electrons. The Labute approximate surface area is 186 Å².